The molecule has 5 heteroatoms. The minimum atomic E-state index is -4.26. The minimum Gasteiger partial charge on any atom is -0.329 e. The summed E-state index contributed by atoms with van der Waals surface area (Å²) in [6, 6.07) is 5.44. The van der Waals surface area contributed by atoms with Crippen molar-refractivity contribution in [3.63, 3.8) is 0 Å². The third kappa shape index (κ3) is 3.01. The Hall–Kier alpha value is -0.680. The Morgan fingerprint density at radius 1 is 1.22 bits per heavy atom. The molecule has 2 rings (SSSR count). The highest BCUT2D eigenvalue weighted by Gasteiger charge is 2.34. The van der Waals surface area contributed by atoms with Gasteiger partial charge in [0.1, 0.15) is 0 Å². The maximum atomic E-state index is 12.4. The number of hydrogen-bond donors (Lipinski definition) is 1. The van der Waals surface area contributed by atoms with Crippen molar-refractivity contribution >= 4 is 11.8 Å². The maximum Gasteiger partial charge on any atom is 0.416 e. The van der Waals surface area contributed by atoms with Gasteiger partial charge in [0.2, 0.25) is 0 Å². The third-order valence-electron chi connectivity index (χ3n) is 3.36. The van der Waals surface area contributed by atoms with Gasteiger partial charge in [-0.15, -0.1) is 0 Å². The number of rotatable bonds is 3. The predicted octanol–water partition coefficient (Wildman–Crippen LogP) is 3.47. The molecule has 1 aliphatic rings. The first-order valence-corrected chi connectivity index (χ1v) is 6.94. The van der Waals surface area contributed by atoms with E-state index in [1.165, 1.54) is 0 Å². The molecule has 1 saturated heterocycles. The van der Waals surface area contributed by atoms with Crippen LogP contribution < -0.4 is 5.73 Å². The lowest BCUT2D eigenvalue weighted by Gasteiger charge is -2.26. The van der Waals surface area contributed by atoms with Crippen molar-refractivity contribution in [2.75, 3.05) is 12.3 Å². The zero-order valence-corrected chi connectivity index (χ0v) is 10.8. The van der Waals surface area contributed by atoms with E-state index in [1.54, 1.807) is 12.1 Å². The first-order valence-electron chi connectivity index (χ1n) is 5.95. The van der Waals surface area contributed by atoms with Gasteiger partial charge in [-0.2, -0.15) is 24.9 Å². The fourth-order valence-corrected chi connectivity index (χ4v) is 3.71. The number of halogens is 3. The van der Waals surface area contributed by atoms with Crippen molar-refractivity contribution in [3.8, 4) is 0 Å². The van der Waals surface area contributed by atoms with Crippen LogP contribution in [0.2, 0.25) is 0 Å². The predicted molar refractivity (Wildman–Crippen MR) is 68.6 cm³/mol. The van der Waals surface area contributed by atoms with Gasteiger partial charge in [-0.3, -0.25) is 0 Å². The Labute approximate surface area is 109 Å². The van der Waals surface area contributed by atoms with Crippen LogP contribution in [0.3, 0.4) is 0 Å². The number of thioether (sulfide) groups is 1. The van der Waals surface area contributed by atoms with E-state index in [0.29, 0.717) is 6.54 Å². The number of alkyl halides is 3. The molecular formula is C13H16F3NS. The molecule has 18 heavy (non-hydrogen) atoms. The molecule has 0 aromatic heterocycles. The first-order chi connectivity index (χ1) is 8.45. The van der Waals surface area contributed by atoms with E-state index in [0.717, 1.165) is 42.7 Å². The molecule has 1 heterocycles. The summed E-state index contributed by atoms with van der Waals surface area (Å²) in [5.74, 6) is 1.10. The monoisotopic (exact) mass is 275 g/mol. The van der Waals surface area contributed by atoms with E-state index in [-0.39, 0.29) is 4.75 Å². The van der Waals surface area contributed by atoms with Crippen LogP contribution >= 0.6 is 11.8 Å². The normalized spacial score (nSPS) is 24.4. The van der Waals surface area contributed by atoms with Crippen molar-refractivity contribution in [2.45, 2.75) is 30.2 Å². The molecule has 1 unspecified atom stereocenters. The molecule has 1 aromatic rings. The maximum absolute atomic E-state index is 12.4. The molecule has 0 radical (unpaired) electrons. The van der Waals surface area contributed by atoms with Crippen molar-refractivity contribution in [2.24, 2.45) is 5.73 Å². The Morgan fingerprint density at radius 3 is 2.33 bits per heavy atom. The summed E-state index contributed by atoms with van der Waals surface area (Å²) in [4.78, 5) is 0. The fraction of sp³-hybridized carbons (Fsp3) is 0.538. The van der Waals surface area contributed by atoms with Gasteiger partial charge < -0.3 is 5.73 Å². The van der Waals surface area contributed by atoms with Crippen LogP contribution in [0.1, 0.15) is 24.0 Å². The van der Waals surface area contributed by atoms with E-state index in [9.17, 15) is 13.2 Å². The molecule has 0 spiro atoms. The third-order valence-corrected chi connectivity index (χ3v) is 4.98. The Bertz CT molecular complexity index is 394. The molecule has 1 fully saturated rings. The molecule has 1 aliphatic heterocycles. The number of nitrogens with two attached hydrogens (primary N) is 1. The molecule has 100 valence electrons. The van der Waals surface area contributed by atoms with Gasteiger partial charge in [0.05, 0.1) is 5.56 Å². The van der Waals surface area contributed by atoms with Crippen LogP contribution in [0.4, 0.5) is 13.2 Å². The number of benzene rings is 1. The summed E-state index contributed by atoms with van der Waals surface area (Å²) in [7, 11) is 0. The topological polar surface area (TPSA) is 26.0 Å². The molecule has 0 aliphatic carbocycles. The van der Waals surface area contributed by atoms with Crippen LogP contribution in [-0.4, -0.2) is 17.0 Å². The molecule has 0 amide bonds. The molecule has 2 N–H and O–H groups in total. The van der Waals surface area contributed by atoms with Gasteiger partial charge in [-0.25, -0.2) is 0 Å². The average Bonchev–Trinajstić information content (AvgIpc) is 2.78. The first kappa shape index (κ1) is 13.7. The second-order valence-corrected chi connectivity index (χ2v) is 6.27. The van der Waals surface area contributed by atoms with Gasteiger partial charge in [-0.1, -0.05) is 12.1 Å². The SMILES string of the molecule is NCC1(Cc2ccc(C(F)(F)F)cc2)CCCS1. The quantitative estimate of drug-likeness (QED) is 0.914. The smallest absolute Gasteiger partial charge is 0.329 e. The fourth-order valence-electron chi connectivity index (χ4n) is 2.31. The van der Waals surface area contributed by atoms with Gasteiger partial charge in [0.15, 0.2) is 0 Å². The van der Waals surface area contributed by atoms with Crippen LogP contribution in [0.5, 0.6) is 0 Å². The molecule has 1 aromatic carbocycles. The van der Waals surface area contributed by atoms with Crippen molar-refractivity contribution in [1.29, 1.82) is 0 Å². The number of hydrogen-bond acceptors (Lipinski definition) is 2. The lowest BCUT2D eigenvalue weighted by atomic mass is 9.94. The highest BCUT2D eigenvalue weighted by Crippen LogP contribution is 2.40. The molecule has 1 nitrogen and oxygen atoms in total. The summed E-state index contributed by atoms with van der Waals surface area (Å²) in [5, 5.41) is 0. The van der Waals surface area contributed by atoms with E-state index >= 15 is 0 Å². The summed E-state index contributed by atoms with van der Waals surface area (Å²) in [6.45, 7) is 0.582. The highest BCUT2D eigenvalue weighted by molar-refractivity contribution is 8.00. The molecule has 0 saturated carbocycles. The standard InChI is InChI=1S/C13H16F3NS/c14-13(15,16)11-4-2-10(3-5-11)8-12(9-17)6-1-7-18-12/h2-5H,1,6-9,17H2. The van der Waals surface area contributed by atoms with Crippen LogP contribution in [0.25, 0.3) is 0 Å². The van der Waals surface area contributed by atoms with E-state index < -0.39 is 11.7 Å². The van der Waals surface area contributed by atoms with Gasteiger partial charge in [-0.05, 0) is 42.7 Å². The van der Waals surface area contributed by atoms with Gasteiger partial charge in [0, 0.05) is 11.3 Å². The van der Waals surface area contributed by atoms with E-state index in [2.05, 4.69) is 0 Å². The molecule has 0 bridgehead atoms. The minimum absolute atomic E-state index is 0.0275. The summed E-state index contributed by atoms with van der Waals surface area (Å²) in [6.07, 6.45) is -1.31. The van der Waals surface area contributed by atoms with E-state index in [1.807, 2.05) is 11.8 Å². The van der Waals surface area contributed by atoms with E-state index in [4.69, 9.17) is 5.73 Å². The van der Waals surface area contributed by atoms with Crippen molar-refractivity contribution in [1.82, 2.24) is 0 Å². The van der Waals surface area contributed by atoms with Crippen LogP contribution in [0.15, 0.2) is 24.3 Å². The summed E-state index contributed by atoms with van der Waals surface area (Å²) in [5.41, 5.74) is 6.16. The van der Waals surface area contributed by atoms with Crippen LogP contribution in [-0.2, 0) is 12.6 Å². The molecular weight excluding hydrogens is 259 g/mol. The zero-order chi connectivity index (χ0) is 13.2. The average molecular weight is 275 g/mol. The van der Waals surface area contributed by atoms with Crippen molar-refractivity contribution < 1.29 is 13.2 Å². The highest BCUT2D eigenvalue weighted by atomic mass is 32.2. The summed E-state index contributed by atoms with van der Waals surface area (Å²) >= 11 is 1.85. The Kier molecular flexibility index (Phi) is 3.92. The second-order valence-electron chi connectivity index (χ2n) is 4.71. The molecule has 1 atom stereocenters. The summed E-state index contributed by atoms with van der Waals surface area (Å²) < 4.78 is 37.4. The van der Waals surface area contributed by atoms with Gasteiger partial charge >= 0.3 is 6.18 Å². The second kappa shape index (κ2) is 5.13. The Balaban J connectivity index is 2.11. The zero-order valence-electron chi connectivity index (χ0n) is 9.96. The lowest BCUT2D eigenvalue weighted by molar-refractivity contribution is -0.137. The van der Waals surface area contributed by atoms with Crippen LogP contribution in [0, 0.1) is 0 Å². The lowest BCUT2D eigenvalue weighted by Crippen LogP contribution is -2.34. The van der Waals surface area contributed by atoms with Crippen molar-refractivity contribution in [3.05, 3.63) is 35.4 Å². The van der Waals surface area contributed by atoms with Gasteiger partial charge in [0.25, 0.3) is 0 Å². The Morgan fingerprint density at radius 2 is 1.89 bits per heavy atom. The largest absolute Gasteiger partial charge is 0.416 e.